The van der Waals surface area contributed by atoms with Crippen LogP contribution in [0, 0.1) is 0 Å². The molecule has 1 atom stereocenters. The average molecular weight is 435 g/mol. The third kappa shape index (κ3) is 8.26. The Bertz CT molecular complexity index is 867. The van der Waals surface area contributed by atoms with Crippen LogP contribution < -0.4 is 10.1 Å². The van der Waals surface area contributed by atoms with E-state index >= 15 is 0 Å². The Balaban J connectivity index is 1.96. The molecule has 0 spiro atoms. The van der Waals surface area contributed by atoms with Crippen LogP contribution in [-0.2, 0) is 16.0 Å². The van der Waals surface area contributed by atoms with Crippen molar-refractivity contribution in [3.05, 3.63) is 58.8 Å². The van der Waals surface area contributed by atoms with Gasteiger partial charge in [0.2, 0.25) is 11.8 Å². The van der Waals surface area contributed by atoms with Gasteiger partial charge in [-0.3, -0.25) is 9.59 Å². The molecule has 5 nitrogen and oxygen atoms in total. The molecule has 2 aromatic rings. The monoisotopic (exact) mass is 434 g/mol. The summed E-state index contributed by atoms with van der Waals surface area (Å²) in [5, 5.41) is 3.20. The summed E-state index contributed by atoms with van der Waals surface area (Å²) in [7, 11) is 0. The normalized spacial score (nSPS) is 12.0. The fourth-order valence-electron chi connectivity index (χ4n) is 2.60. The molecule has 0 saturated carbocycles. The van der Waals surface area contributed by atoms with Gasteiger partial charge in [0.15, 0.2) is 0 Å². The highest BCUT2D eigenvalue weighted by molar-refractivity contribution is 6.32. The molecule has 0 unspecified atom stereocenters. The summed E-state index contributed by atoms with van der Waals surface area (Å²) in [6, 6.07) is 8.82. The fourth-order valence-corrected chi connectivity index (χ4v) is 2.98. The predicted molar refractivity (Wildman–Crippen MR) is 117 cm³/mol. The first kappa shape index (κ1) is 22.9. The Kier molecular flexibility index (Phi) is 9.16. The number of nitrogens with one attached hydrogen (secondary N) is 1. The van der Waals surface area contributed by atoms with Gasteiger partial charge in [-0.05, 0) is 42.7 Å². The number of hydrogen-bond acceptors (Lipinski definition) is 4. The van der Waals surface area contributed by atoms with Crippen LogP contribution in [0.4, 0.5) is 0 Å². The van der Waals surface area contributed by atoms with E-state index in [-0.39, 0.29) is 17.7 Å². The van der Waals surface area contributed by atoms with E-state index < -0.39 is 0 Å². The minimum atomic E-state index is -0.0773. The minimum Gasteiger partial charge on any atom is -0.437 e. The topological polar surface area (TPSA) is 68.3 Å². The highest BCUT2D eigenvalue weighted by Gasteiger charge is 2.09. The number of hydrogen-bond donors (Lipinski definition) is 1. The van der Waals surface area contributed by atoms with Crippen LogP contribution in [0.25, 0.3) is 6.08 Å². The van der Waals surface area contributed by atoms with Crippen LogP contribution in [0.15, 0.2) is 42.6 Å². The van der Waals surface area contributed by atoms with Crippen molar-refractivity contribution in [3.63, 3.8) is 0 Å². The van der Waals surface area contributed by atoms with Crippen LogP contribution in [0.2, 0.25) is 5.02 Å². The highest BCUT2D eigenvalue weighted by Crippen LogP contribution is 2.29. The van der Waals surface area contributed by atoms with E-state index in [1.807, 2.05) is 31.2 Å². The average Bonchev–Trinajstić information content (AvgIpc) is 2.67. The molecular weight excluding hydrogens is 411 g/mol. The second-order valence-corrected chi connectivity index (χ2v) is 7.44. The van der Waals surface area contributed by atoms with Gasteiger partial charge >= 0.3 is 0 Å². The largest absolute Gasteiger partial charge is 0.437 e. The van der Waals surface area contributed by atoms with Gasteiger partial charge in [-0.25, -0.2) is 4.98 Å². The van der Waals surface area contributed by atoms with E-state index in [9.17, 15) is 9.59 Å². The lowest BCUT2D eigenvalue weighted by Gasteiger charge is -2.09. The standard InChI is InChI=1S/C22H24Cl2N2O3/c1-15(26-16(2)27)5-6-17-8-10-22(25-14-17)29-21-9-7-18(13-20(21)24)12-19(28)4-3-11-23/h5-10,13-15H,3-4,11-12H2,1-2H3,(H,26,27)/b6-5+/t15-/m0/s1. The van der Waals surface area contributed by atoms with Crippen LogP contribution in [0.3, 0.4) is 0 Å². The third-order valence-electron chi connectivity index (χ3n) is 3.97. The van der Waals surface area contributed by atoms with Crippen molar-refractivity contribution in [1.82, 2.24) is 10.3 Å². The number of rotatable bonds is 10. The molecule has 29 heavy (non-hydrogen) atoms. The second-order valence-electron chi connectivity index (χ2n) is 6.65. The molecule has 1 amide bonds. The van der Waals surface area contributed by atoms with E-state index in [1.165, 1.54) is 6.92 Å². The zero-order valence-electron chi connectivity index (χ0n) is 16.5. The predicted octanol–water partition coefficient (Wildman–Crippen LogP) is 5.20. The number of ketones is 1. The Morgan fingerprint density at radius 3 is 2.69 bits per heavy atom. The van der Waals surface area contributed by atoms with Gasteiger partial charge in [-0.15, -0.1) is 11.6 Å². The fraction of sp³-hybridized carbons (Fsp3) is 0.318. The SMILES string of the molecule is CC(=O)N[C@@H](C)/C=C/c1ccc(Oc2ccc(CC(=O)CCCCl)cc2Cl)nc1. The maximum Gasteiger partial charge on any atom is 0.219 e. The Hall–Kier alpha value is -2.37. The number of carbonyl (C=O) groups excluding carboxylic acids is 2. The summed E-state index contributed by atoms with van der Waals surface area (Å²) in [6.07, 6.45) is 6.90. The van der Waals surface area contributed by atoms with Gasteiger partial charge in [0.25, 0.3) is 0 Å². The maximum atomic E-state index is 11.9. The molecule has 1 aromatic carbocycles. The van der Waals surface area contributed by atoms with Crippen LogP contribution in [0.1, 0.15) is 37.8 Å². The number of halogens is 2. The highest BCUT2D eigenvalue weighted by atomic mass is 35.5. The Labute approximate surface area is 181 Å². The first-order chi connectivity index (χ1) is 13.9. The molecule has 1 N–H and O–H groups in total. The first-order valence-corrected chi connectivity index (χ1v) is 10.2. The molecule has 1 heterocycles. The molecule has 2 rings (SSSR count). The molecule has 0 fully saturated rings. The number of benzene rings is 1. The van der Waals surface area contributed by atoms with Crippen molar-refractivity contribution in [2.24, 2.45) is 0 Å². The lowest BCUT2D eigenvalue weighted by molar-refractivity contribution is -0.119. The van der Waals surface area contributed by atoms with E-state index in [0.29, 0.717) is 41.8 Å². The summed E-state index contributed by atoms with van der Waals surface area (Å²) in [5.74, 6) is 1.42. The smallest absolute Gasteiger partial charge is 0.219 e. The molecular formula is C22H24Cl2N2O3. The number of carbonyl (C=O) groups is 2. The van der Waals surface area contributed by atoms with Gasteiger partial charge in [0.05, 0.1) is 5.02 Å². The Morgan fingerprint density at radius 1 is 1.28 bits per heavy atom. The van der Waals surface area contributed by atoms with Crippen LogP contribution >= 0.6 is 23.2 Å². The molecule has 7 heteroatoms. The Morgan fingerprint density at radius 2 is 2.07 bits per heavy atom. The van der Waals surface area contributed by atoms with Crippen molar-refractivity contribution in [2.45, 2.75) is 39.2 Å². The molecule has 0 radical (unpaired) electrons. The second kappa shape index (κ2) is 11.6. The lowest BCUT2D eigenvalue weighted by Crippen LogP contribution is -2.28. The number of Topliss-reactive ketones (excluding diaryl/α,β-unsaturated/α-hetero) is 1. The number of pyridine rings is 1. The number of alkyl halides is 1. The maximum absolute atomic E-state index is 11.9. The third-order valence-corrected chi connectivity index (χ3v) is 4.53. The summed E-state index contributed by atoms with van der Waals surface area (Å²) < 4.78 is 5.74. The molecule has 1 aromatic heterocycles. The van der Waals surface area contributed by atoms with E-state index in [0.717, 1.165) is 11.1 Å². The number of nitrogens with zero attached hydrogens (tertiary/aromatic N) is 1. The summed E-state index contributed by atoms with van der Waals surface area (Å²) in [4.78, 5) is 27.2. The van der Waals surface area contributed by atoms with Crippen molar-refractivity contribution in [1.29, 1.82) is 0 Å². The lowest BCUT2D eigenvalue weighted by atomic mass is 10.1. The number of amides is 1. The quantitative estimate of drug-likeness (QED) is 0.521. The van der Waals surface area contributed by atoms with Gasteiger partial charge in [0, 0.05) is 44.0 Å². The summed E-state index contributed by atoms with van der Waals surface area (Å²) >= 11 is 11.9. The van der Waals surface area contributed by atoms with E-state index in [1.54, 1.807) is 24.4 Å². The minimum absolute atomic E-state index is 0.0671. The zero-order valence-corrected chi connectivity index (χ0v) is 18.0. The molecule has 0 saturated heterocycles. The van der Waals surface area contributed by atoms with Gasteiger partial charge in [-0.1, -0.05) is 29.8 Å². The van der Waals surface area contributed by atoms with Crippen LogP contribution in [-0.4, -0.2) is 28.6 Å². The van der Waals surface area contributed by atoms with Gasteiger partial charge < -0.3 is 10.1 Å². The van der Waals surface area contributed by atoms with Gasteiger partial charge in [-0.2, -0.15) is 0 Å². The molecule has 0 aliphatic heterocycles. The molecule has 154 valence electrons. The van der Waals surface area contributed by atoms with Gasteiger partial charge in [0.1, 0.15) is 11.5 Å². The van der Waals surface area contributed by atoms with Crippen molar-refractivity contribution >= 4 is 41.0 Å². The zero-order chi connectivity index (χ0) is 21.2. The van der Waals surface area contributed by atoms with Crippen molar-refractivity contribution in [2.75, 3.05) is 5.88 Å². The molecule has 0 aliphatic rings. The number of ether oxygens (including phenoxy) is 1. The van der Waals surface area contributed by atoms with Crippen molar-refractivity contribution < 1.29 is 14.3 Å². The molecule has 0 aliphatic carbocycles. The first-order valence-electron chi connectivity index (χ1n) is 9.32. The van der Waals surface area contributed by atoms with E-state index in [2.05, 4.69) is 10.3 Å². The molecule has 0 bridgehead atoms. The van der Waals surface area contributed by atoms with E-state index in [4.69, 9.17) is 27.9 Å². The van der Waals surface area contributed by atoms with Crippen LogP contribution in [0.5, 0.6) is 11.6 Å². The number of aromatic nitrogens is 1. The summed E-state index contributed by atoms with van der Waals surface area (Å²) in [5.41, 5.74) is 1.72. The summed E-state index contributed by atoms with van der Waals surface area (Å²) in [6.45, 7) is 3.37. The van der Waals surface area contributed by atoms with Crippen molar-refractivity contribution in [3.8, 4) is 11.6 Å².